The topological polar surface area (TPSA) is 20.3 Å². The first-order valence-electron chi connectivity index (χ1n) is 6.97. The highest BCUT2D eigenvalue weighted by Crippen LogP contribution is 2.27. The molecule has 1 heterocycles. The summed E-state index contributed by atoms with van der Waals surface area (Å²) < 4.78 is 0. The fourth-order valence-corrected chi connectivity index (χ4v) is 3.30. The molecule has 0 spiro atoms. The molecule has 4 heteroatoms. The molecule has 0 aromatic heterocycles. The molecule has 0 saturated carbocycles. The zero-order chi connectivity index (χ0) is 14.8. The van der Waals surface area contributed by atoms with Crippen LogP contribution in [0.3, 0.4) is 0 Å². The Morgan fingerprint density at radius 1 is 1.00 bits per heavy atom. The molecule has 0 saturated heterocycles. The van der Waals surface area contributed by atoms with Gasteiger partial charge in [0.05, 0.1) is 0 Å². The van der Waals surface area contributed by atoms with Crippen LogP contribution in [0, 0.1) is 0 Å². The lowest BCUT2D eigenvalue weighted by Gasteiger charge is -2.16. The van der Waals surface area contributed by atoms with Crippen molar-refractivity contribution in [3.8, 4) is 0 Å². The maximum atomic E-state index is 12.2. The highest BCUT2D eigenvalue weighted by atomic mass is 35.5. The van der Waals surface area contributed by atoms with E-state index in [1.54, 1.807) is 0 Å². The third-order valence-corrected chi connectivity index (χ3v) is 4.52. The SMILES string of the molecule is O=C1c2ccccc2CN1CCCc1c(Cl)cccc1Cl. The maximum Gasteiger partial charge on any atom is 0.254 e. The van der Waals surface area contributed by atoms with E-state index in [9.17, 15) is 4.79 Å². The van der Waals surface area contributed by atoms with Crippen molar-refractivity contribution in [3.63, 3.8) is 0 Å². The molecule has 108 valence electrons. The van der Waals surface area contributed by atoms with Gasteiger partial charge in [0.15, 0.2) is 0 Å². The molecule has 2 aromatic rings. The molecule has 0 aliphatic carbocycles. The molecule has 0 N–H and O–H groups in total. The lowest BCUT2D eigenvalue weighted by atomic mass is 10.1. The fourth-order valence-electron chi connectivity index (χ4n) is 2.71. The molecule has 0 atom stereocenters. The van der Waals surface area contributed by atoms with Crippen molar-refractivity contribution in [2.24, 2.45) is 0 Å². The first-order valence-corrected chi connectivity index (χ1v) is 7.72. The van der Waals surface area contributed by atoms with Crippen LogP contribution < -0.4 is 0 Å². The van der Waals surface area contributed by atoms with Crippen LogP contribution in [0.4, 0.5) is 0 Å². The minimum atomic E-state index is 0.121. The normalized spacial score (nSPS) is 13.6. The van der Waals surface area contributed by atoms with E-state index in [1.165, 1.54) is 0 Å². The van der Waals surface area contributed by atoms with Gasteiger partial charge in [-0.2, -0.15) is 0 Å². The van der Waals surface area contributed by atoms with Gasteiger partial charge in [0.2, 0.25) is 0 Å². The summed E-state index contributed by atoms with van der Waals surface area (Å²) in [6, 6.07) is 13.3. The Bertz CT molecular complexity index is 664. The quantitative estimate of drug-likeness (QED) is 0.807. The van der Waals surface area contributed by atoms with Crippen LogP contribution in [0.15, 0.2) is 42.5 Å². The van der Waals surface area contributed by atoms with Crippen molar-refractivity contribution < 1.29 is 4.79 Å². The molecule has 2 nitrogen and oxygen atoms in total. The summed E-state index contributed by atoms with van der Waals surface area (Å²) in [5.41, 5.74) is 2.90. The Labute approximate surface area is 134 Å². The highest BCUT2D eigenvalue weighted by Gasteiger charge is 2.26. The third kappa shape index (κ3) is 2.92. The lowest BCUT2D eigenvalue weighted by Crippen LogP contribution is -2.25. The fraction of sp³-hybridized carbons (Fsp3) is 0.235. The monoisotopic (exact) mass is 319 g/mol. The van der Waals surface area contributed by atoms with Gasteiger partial charge in [0.1, 0.15) is 0 Å². The number of halogens is 2. The summed E-state index contributed by atoms with van der Waals surface area (Å²) in [5.74, 6) is 0.121. The van der Waals surface area contributed by atoms with Gasteiger partial charge in [-0.3, -0.25) is 4.79 Å². The van der Waals surface area contributed by atoms with Crippen molar-refractivity contribution >= 4 is 29.1 Å². The van der Waals surface area contributed by atoms with Crippen molar-refractivity contribution in [2.45, 2.75) is 19.4 Å². The molecule has 21 heavy (non-hydrogen) atoms. The summed E-state index contributed by atoms with van der Waals surface area (Å²) in [6.07, 6.45) is 1.63. The molecular formula is C17H15Cl2NO. The number of hydrogen-bond donors (Lipinski definition) is 0. The second-order valence-corrected chi connectivity index (χ2v) is 6.00. The zero-order valence-electron chi connectivity index (χ0n) is 11.5. The molecule has 0 bridgehead atoms. The van der Waals surface area contributed by atoms with Crippen molar-refractivity contribution in [1.82, 2.24) is 4.90 Å². The third-order valence-electron chi connectivity index (χ3n) is 3.81. The second-order valence-electron chi connectivity index (χ2n) is 5.19. The summed E-state index contributed by atoms with van der Waals surface area (Å²) in [5, 5.41) is 1.39. The highest BCUT2D eigenvalue weighted by molar-refractivity contribution is 6.35. The number of hydrogen-bond acceptors (Lipinski definition) is 1. The molecular weight excluding hydrogens is 305 g/mol. The van der Waals surface area contributed by atoms with E-state index in [0.717, 1.165) is 36.1 Å². The molecule has 0 unspecified atom stereocenters. The smallest absolute Gasteiger partial charge is 0.254 e. The standard InChI is InChI=1S/C17H15Cl2NO/c18-15-8-3-9-16(19)14(15)7-4-10-20-11-12-5-1-2-6-13(12)17(20)21/h1-3,5-6,8-9H,4,7,10-11H2. The van der Waals surface area contributed by atoms with E-state index in [2.05, 4.69) is 0 Å². The first-order chi connectivity index (χ1) is 10.2. The number of benzene rings is 2. The Hall–Kier alpha value is -1.51. The van der Waals surface area contributed by atoms with Crippen LogP contribution in [0.1, 0.15) is 27.9 Å². The van der Waals surface area contributed by atoms with Gasteiger partial charge in [0, 0.05) is 28.7 Å². The van der Waals surface area contributed by atoms with Crippen LogP contribution in [0.2, 0.25) is 10.0 Å². The van der Waals surface area contributed by atoms with Crippen LogP contribution in [0.25, 0.3) is 0 Å². The summed E-state index contributed by atoms with van der Waals surface area (Å²) >= 11 is 12.3. The summed E-state index contributed by atoms with van der Waals surface area (Å²) in [4.78, 5) is 14.1. The van der Waals surface area contributed by atoms with E-state index >= 15 is 0 Å². The van der Waals surface area contributed by atoms with Gasteiger partial charge in [0.25, 0.3) is 5.91 Å². The molecule has 3 rings (SSSR count). The van der Waals surface area contributed by atoms with Crippen molar-refractivity contribution in [1.29, 1.82) is 0 Å². The average Bonchev–Trinajstić information content (AvgIpc) is 2.79. The minimum Gasteiger partial charge on any atom is -0.334 e. The van der Waals surface area contributed by atoms with Crippen LogP contribution >= 0.6 is 23.2 Å². The van der Waals surface area contributed by atoms with Gasteiger partial charge < -0.3 is 4.90 Å². The van der Waals surface area contributed by atoms with E-state index in [-0.39, 0.29) is 5.91 Å². The predicted octanol–water partition coefficient (Wildman–Crippen LogP) is 4.58. The number of carbonyl (C=O) groups is 1. The van der Waals surface area contributed by atoms with E-state index in [1.807, 2.05) is 47.4 Å². The molecule has 0 fully saturated rings. The Morgan fingerprint density at radius 3 is 2.43 bits per heavy atom. The van der Waals surface area contributed by atoms with Crippen LogP contribution in [-0.2, 0) is 13.0 Å². The molecule has 2 aromatic carbocycles. The van der Waals surface area contributed by atoms with E-state index in [0.29, 0.717) is 16.6 Å². The van der Waals surface area contributed by atoms with Gasteiger partial charge >= 0.3 is 0 Å². The molecule has 1 amide bonds. The average molecular weight is 320 g/mol. The largest absolute Gasteiger partial charge is 0.334 e. The molecule has 1 aliphatic heterocycles. The Morgan fingerprint density at radius 2 is 1.71 bits per heavy atom. The van der Waals surface area contributed by atoms with Crippen molar-refractivity contribution in [2.75, 3.05) is 6.54 Å². The number of carbonyl (C=O) groups excluding carboxylic acids is 1. The van der Waals surface area contributed by atoms with Gasteiger partial charge in [-0.25, -0.2) is 0 Å². The molecule has 0 radical (unpaired) electrons. The minimum absolute atomic E-state index is 0.121. The Balaban J connectivity index is 1.62. The van der Waals surface area contributed by atoms with Gasteiger partial charge in [-0.15, -0.1) is 0 Å². The zero-order valence-corrected chi connectivity index (χ0v) is 13.0. The van der Waals surface area contributed by atoms with E-state index < -0.39 is 0 Å². The van der Waals surface area contributed by atoms with E-state index in [4.69, 9.17) is 23.2 Å². The predicted molar refractivity (Wildman–Crippen MR) is 86.0 cm³/mol. The number of rotatable bonds is 4. The lowest BCUT2D eigenvalue weighted by molar-refractivity contribution is 0.0777. The van der Waals surface area contributed by atoms with Crippen molar-refractivity contribution in [3.05, 3.63) is 69.2 Å². The first kappa shape index (κ1) is 14.4. The maximum absolute atomic E-state index is 12.2. The summed E-state index contributed by atoms with van der Waals surface area (Å²) in [6.45, 7) is 1.42. The number of fused-ring (bicyclic) bond motifs is 1. The van der Waals surface area contributed by atoms with Crippen LogP contribution in [0.5, 0.6) is 0 Å². The van der Waals surface area contributed by atoms with Crippen LogP contribution in [-0.4, -0.2) is 17.4 Å². The number of nitrogens with zero attached hydrogens (tertiary/aromatic N) is 1. The second kappa shape index (κ2) is 6.08. The summed E-state index contributed by atoms with van der Waals surface area (Å²) in [7, 11) is 0. The Kier molecular flexibility index (Phi) is 4.18. The molecule has 1 aliphatic rings. The van der Waals surface area contributed by atoms with Gasteiger partial charge in [-0.1, -0.05) is 47.5 Å². The number of amides is 1. The van der Waals surface area contributed by atoms with Gasteiger partial charge in [-0.05, 0) is 42.2 Å².